The topological polar surface area (TPSA) is 12.0 Å². The van der Waals surface area contributed by atoms with E-state index in [9.17, 15) is 4.39 Å². The summed E-state index contributed by atoms with van der Waals surface area (Å²) in [5.74, 6) is 2.38. The number of hydrogen-bond donors (Lipinski definition) is 1. The Balaban J connectivity index is 2.13. The molecule has 18 heavy (non-hydrogen) atoms. The Bertz CT molecular complexity index is 566. The maximum Gasteiger partial charge on any atom is 0.123 e. The van der Waals surface area contributed by atoms with Gasteiger partial charge in [0.25, 0.3) is 0 Å². The quantitative estimate of drug-likeness (QED) is 0.799. The first-order valence-electron chi connectivity index (χ1n) is 5.78. The highest BCUT2D eigenvalue weighted by molar-refractivity contribution is 5.51. The first-order chi connectivity index (χ1) is 8.69. The molecular weight excluding hydrogens is 225 g/mol. The second-order valence-corrected chi connectivity index (χ2v) is 4.14. The van der Waals surface area contributed by atoms with Crippen molar-refractivity contribution in [2.45, 2.75) is 13.0 Å². The minimum Gasteiger partial charge on any atom is -0.378 e. The number of rotatable bonds is 3. The maximum absolute atomic E-state index is 12.8. The summed E-state index contributed by atoms with van der Waals surface area (Å²) in [5.41, 5.74) is 2.83. The summed E-state index contributed by atoms with van der Waals surface area (Å²) >= 11 is 0. The molecule has 1 nitrogen and oxygen atoms in total. The fourth-order valence-corrected chi connectivity index (χ4v) is 1.78. The predicted molar refractivity (Wildman–Crippen MR) is 72.8 cm³/mol. The van der Waals surface area contributed by atoms with Gasteiger partial charge in [0.2, 0.25) is 0 Å². The molecule has 90 valence electrons. The molecule has 2 rings (SSSR count). The van der Waals surface area contributed by atoms with Crippen LogP contribution in [-0.4, -0.2) is 0 Å². The van der Waals surface area contributed by atoms with Crippen LogP contribution in [0.25, 0.3) is 0 Å². The van der Waals surface area contributed by atoms with Gasteiger partial charge in [-0.25, -0.2) is 4.39 Å². The third-order valence-electron chi connectivity index (χ3n) is 2.78. The molecule has 1 N–H and O–H groups in total. The zero-order valence-electron chi connectivity index (χ0n) is 10.2. The minimum absolute atomic E-state index is 0.0959. The van der Waals surface area contributed by atoms with Crippen LogP contribution < -0.4 is 5.32 Å². The molecule has 0 amide bonds. The average molecular weight is 239 g/mol. The highest BCUT2D eigenvalue weighted by atomic mass is 19.1. The van der Waals surface area contributed by atoms with Gasteiger partial charge in [0, 0.05) is 17.3 Å². The summed E-state index contributed by atoms with van der Waals surface area (Å²) < 4.78 is 12.8. The van der Waals surface area contributed by atoms with Gasteiger partial charge in [-0.3, -0.25) is 0 Å². The highest BCUT2D eigenvalue weighted by Gasteiger charge is 2.05. The van der Waals surface area contributed by atoms with E-state index >= 15 is 0 Å². The molecule has 0 aromatic heterocycles. The molecule has 0 saturated heterocycles. The Morgan fingerprint density at radius 2 is 1.89 bits per heavy atom. The summed E-state index contributed by atoms with van der Waals surface area (Å²) in [7, 11) is 0. The van der Waals surface area contributed by atoms with Crippen molar-refractivity contribution in [1.82, 2.24) is 0 Å². The molecule has 0 spiro atoms. The second kappa shape index (κ2) is 5.37. The van der Waals surface area contributed by atoms with Crippen molar-refractivity contribution in [1.29, 1.82) is 0 Å². The lowest BCUT2D eigenvalue weighted by molar-refractivity contribution is 0.626. The molecule has 0 heterocycles. The largest absolute Gasteiger partial charge is 0.378 e. The summed E-state index contributed by atoms with van der Waals surface area (Å²) in [4.78, 5) is 0. The number of terminal acetylenes is 1. The van der Waals surface area contributed by atoms with Crippen LogP contribution in [0.2, 0.25) is 0 Å². The van der Waals surface area contributed by atoms with Gasteiger partial charge in [0.1, 0.15) is 5.82 Å². The Morgan fingerprint density at radius 1 is 1.17 bits per heavy atom. The van der Waals surface area contributed by atoms with Crippen molar-refractivity contribution >= 4 is 5.69 Å². The van der Waals surface area contributed by atoms with Crippen LogP contribution in [-0.2, 0) is 0 Å². The van der Waals surface area contributed by atoms with Gasteiger partial charge in [0.15, 0.2) is 0 Å². The summed E-state index contributed by atoms with van der Waals surface area (Å²) in [6.45, 7) is 2.02. The normalized spacial score (nSPS) is 11.6. The molecule has 0 saturated carbocycles. The lowest BCUT2D eigenvalue weighted by Crippen LogP contribution is -2.06. The fourth-order valence-electron chi connectivity index (χ4n) is 1.78. The molecular formula is C16H14FN. The summed E-state index contributed by atoms with van der Waals surface area (Å²) in [6, 6.07) is 14.2. The minimum atomic E-state index is -0.222. The van der Waals surface area contributed by atoms with Gasteiger partial charge in [0.05, 0.1) is 0 Å². The van der Waals surface area contributed by atoms with Crippen LogP contribution >= 0.6 is 0 Å². The van der Waals surface area contributed by atoms with Crippen molar-refractivity contribution in [2.24, 2.45) is 0 Å². The van der Waals surface area contributed by atoms with Crippen LogP contribution in [0.3, 0.4) is 0 Å². The molecule has 1 unspecified atom stereocenters. The van der Waals surface area contributed by atoms with Crippen LogP contribution in [0.1, 0.15) is 24.1 Å². The first-order valence-corrected chi connectivity index (χ1v) is 5.78. The number of benzene rings is 2. The van der Waals surface area contributed by atoms with Gasteiger partial charge in [-0.15, -0.1) is 6.42 Å². The molecule has 0 fully saturated rings. The van der Waals surface area contributed by atoms with E-state index < -0.39 is 0 Å². The maximum atomic E-state index is 12.8. The molecule has 1 atom stereocenters. The molecule has 0 aliphatic rings. The molecule has 0 aliphatic heterocycles. The first kappa shape index (κ1) is 12.2. The van der Waals surface area contributed by atoms with Crippen LogP contribution in [0.15, 0.2) is 48.5 Å². The monoisotopic (exact) mass is 239 g/mol. The van der Waals surface area contributed by atoms with Gasteiger partial charge < -0.3 is 5.32 Å². The van der Waals surface area contributed by atoms with E-state index in [1.807, 2.05) is 31.2 Å². The number of anilines is 1. The number of hydrogen-bond acceptors (Lipinski definition) is 1. The zero-order chi connectivity index (χ0) is 13.0. The van der Waals surface area contributed by atoms with Crippen LogP contribution in [0.5, 0.6) is 0 Å². The highest BCUT2D eigenvalue weighted by Crippen LogP contribution is 2.20. The van der Waals surface area contributed by atoms with E-state index in [1.165, 1.54) is 12.1 Å². The van der Waals surface area contributed by atoms with E-state index in [0.29, 0.717) is 0 Å². The van der Waals surface area contributed by atoms with E-state index in [0.717, 1.165) is 16.8 Å². The van der Waals surface area contributed by atoms with Crippen molar-refractivity contribution < 1.29 is 4.39 Å². The Labute approximate surface area is 107 Å². The van der Waals surface area contributed by atoms with Crippen molar-refractivity contribution in [3.63, 3.8) is 0 Å². The summed E-state index contributed by atoms with van der Waals surface area (Å²) in [6.07, 6.45) is 5.36. The Morgan fingerprint density at radius 3 is 2.56 bits per heavy atom. The molecule has 0 bridgehead atoms. The van der Waals surface area contributed by atoms with Gasteiger partial charge in [-0.2, -0.15) is 0 Å². The molecule has 2 heteroatoms. The van der Waals surface area contributed by atoms with Gasteiger partial charge in [-0.05, 0) is 42.8 Å². The molecule has 2 aromatic rings. The lowest BCUT2D eigenvalue weighted by atomic mass is 10.1. The van der Waals surface area contributed by atoms with E-state index in [-0.39, 0.29) is 11.9 Å². The Hall–Kier alpha value is -2.27. The van der Waals surface area contributed by atoms with Gasteiger partial charge >= 0.3 is 0 Å². The van der Waals surface area contributed by atoms with Crippen LogP contribution in [0, 0.1) is 18.2 Å². The average Bonchev–Trinajstić information content (AvgIpc) is 2.39. The second-order valence-electron chi connectivity index (χ2n) is 4.14. The van der Waals surface area contributed by atoms with Crippen molar-refractivity contribution in [3.05, 3.63) is 65.5 Å². The summed E-state index contributed by atoms with van der Waals surface area (Å²) in [5, 5.41) is 3.33. The van der Waals surface area contributed by atoms with Crippen LogP contribution in [0.4, 0.5) is 10.1 Å². The standard InChI is InChI=1S/C16H14FN/c1-3-13-5-4-6-16(11-13)18-12(2)14-7-9-15(17)10-8-14/h1,4-12,18H,2H3. The third-order valence-corrected chi connectivity index (χ3v) is 2.78. The fraction of sp³-hybridized carbons (Fsp3) is 0.125. The zero-order valence-corrected chi connectivity index (χ0v) is 10.2. The predicted octanol–water partition coefficient (Wildman–Crippen LogP) is 3.98. The smallest absolute Gasteiger partial charge is 0.123 e. The third kappa shape index (κ3) is 2.89. The van der Waals surface area contributed by atoms with E-state index in [2.05, 4.69) is 11.2 Å². The molecule has 0 aliphatic carbocycles. The van der Waals surface area contributed by atoms with Crippen molar-refractivity contribution in [3.8, 4) is 12.3 Å². The Kier molecular flexibility index (Phi) is 3.64. The van der Waals surface area contributed by atoms with E-state index in [1.54, 1.807) is 12.1 Å². The van der Waals surface area contributed by atoms with Crippen molar-refractivity contribution in [2.75, 3.05) is 5.32 Å². The van der Waals surface area contributed by atoms with Gasteiger partial charge in [-0.1, -0.05) is 24.1 Å². The lowest BCUT2D eigenvalue weighted by Gasteiger charge is -2.15. The number of nitrogens with one attached hydrogen (secondary N) is 1. The number of halogens is 1. The molecule has 2 aromatic carbocycles. The molecule has 0 radical (unpaired) electrons. The van der Waals surface area contributed by atoms with E-state index in [4.69, 9.17) is 6.42 Å². The SMILES string of the molecule is C#Cc1cccc(NC(C)c2ccc(F)cc2)c1.